The number of piperidine rings is 1. The van der Waals surface area contributed by atoms with Crippen LogP contribution in [0.25, 0.3) is 0 Å². The quantitative estimate of drug-likeness (QED) is 0.630. The summed E-state index contributed by atoms with van der Waals surface area (Å²) in [6.45, 7) is 6.36. The van der Waals surface area contributed by atoms with Crippen LogP contribution in [-0.4, -0.2) is 29.8 Å². The van der Waals surface area contributed by atoms with Crippen LogP contribution in [0.5, 0.6) is 0 Å². The number of anilines is 1. The lowest BCUT2D eigenvalue weighted by atomic mass is 9.91. The number of benzene rings is 1. The zero-order chi connectivity index (χ0) is 19.7. The molecule has 26 heavy (non-hydrogen) atoms. The highest BCUT2D eigenvalue weighted by Gasteiger charge is 2.34. The van der Waals surface area contributed by atoms with Gasteiger partial charge >= 0.3 is 6.18 Å². The van der Waals surface area contributed by atoms with Crippen LogP contribution in [0.4, 0.5) is 18.9 Å². The molecule has 8 heteroatoms. The van der Waals surface area contributed by atoms with E-state index in [4.69, 9.17) is 0 Å². The number of likely N-dealkylation sites (tertiary alicyclic amines) is 1. The molecule has 4 nitrogen and oxygen atoms in total. The Labute approximate surface area is 164 Å². The number of rotatable bonds is 2. The van der Waals surface area contributed by atoms with Crippen LogP contribution in [0.1, 0.15) is 39.2 Å². The molecular formula is C18H22F3IN2O2. The molecule has 1 unspecified atom stereocenters. The van der Waals surface area contributed by atoms with E-state index in [-0.39, 0.29) is 24.0 Å². The molecule has 1 N–H and O–H groups in total. The van der Waals surface area contributed by atoms with Gasteiger partial charge in [0.1, 0.15) is 0 Å². The number of hydrogen-bond donors (Lipinski definition) is 1. The van der Waals surface area contributed by atoms with E-state index in [1.807, 2.05) is 43.4 Å². The summed E-state index contributed by atoms with van der Waals surface area (Å²) in [5, 5.41) is 2.61. The zero-order valence-corrected chi connectivity index (χ0v) is 17.1. The minimum Gasteiger partial charge on any atom is -0.341 e. The molecule has 1 atom stereocenters. The number of hydrogen-bond acceptors (Lipinski definition) is 2. The topological polar surface area (TPSA) is 49.4 Å². The van der Waals surface area contributed by atoms with Crippen molar-refractivity contribution >= 4 is 40.1 Å². The second-order valence-electron chi connectivity index (χ2n) is 7.52. The number of carbonyl (C=O) groups excluding carboxylic acids is 2. The molecule has 144 valence electrons. The Morgan fingerprint density at radius 2 is 1.88 bits per heavy atom. The van der Waals surface area contributed by atoms with Crippen LogP contribution in [-0.2, 0) is 15.8 Å². The predicted molar refractivity (Wildman–Crippen MR) is 102 cm³/mol. The molecule has 1 aromatic carbocycles. The molecule has 1 saturated heterocycles. The van der Waals surface area contributed by atoms with Crippen LogP contribution in [0.2, 0.25) is 0 Å². The van der Waals surface area contributed by atoms with Crippen molar-refractivity contribution in [2.75, 3.05) is 18.4 Å². The first-order chi connectivity index (χ1) is 11.9. The standard InChI is InChI=1S/C18H22F3IN2O2/c1-17(2,3)16(26)24-8-4-5-11(10-24)15(25)23-14-9-12(18(19,20)21)6-7-13(14)22/h6-7,9,11H,4-5,8,10H2,1-3H3,(H,23,25). The molecule has 0 saturated carbocycles. The van der Waals surface area contributed by atoms with Crippen molar-refractivity contribution in [3.05, 3.63) is 27.3 Å². The fourth-order valence-electron chi connectivity index (χ4n) is 2.88. The molecular weight excluding hydrogens is 460 g/mol. The van der Waals surface area contributed by atoms with Gasteiger partial charge in [0.25, 0.3) is 0 Å². The number of alkyl halides is 3. The molecule has 1 fully saturated rings. The number of halogens is 4. The summed E-state index contributed by atoms with van der Waals surface area (Å²) in [7, 11) is 0. The summed E-state index contributed by atoms with van der Waals surface area (Å²) < 4.78 is 39.2. The van der Waals surface area contributed by atoms with Gasteiger partial charge in [0.2, 0.25) is 11.8 Å². The highest BCUT2D eigenvalue weighted by molar-refractivity contribution is 14.1. The number of nitrogens with zero attached hydrogens (tertiary/aromatic N) is 1. The highest BCUT2D eigenvalue weighted by atomic mass is 127. The molecule has 0 bridgehead atoms. The van der Waals surface area contributed by atoms with Crippen molar-refractivity contribution in [2.24, 2.45) is 11.3 Å². The molecule has 2 rings (SSSR count). The molecule has 0 aromatic heterocycles. The Balaban J connectivity index is 2.11. The van der Waals surface area contributed by atoms with Crippen LogP contribution in [0.3, 0.4) is 0 Å². The summed E-state index contributed by atoms with van der Waals surface area (Å²) >= 11 is 1.89. The van der Waals surface area contributed by atoms with Gasteiger partial charge in [-0.05, 0) is 53.6 Å². The molecule has 1 aromatic rings. The second kappa shape index (κ2) is 7.74. The molecule has 1 aliphatic heterocycles. The van der Waals surface area contributed by atoms with E-state index < -0.39 is 23.1 Å². The molecule has 0 spiro atoms. The normalized spacial score (nSPS) is 18.6. The van der Waals surface area contributed by atoms with Crippen molar-refractivity contribution in [1.29, 1.82) is 0 Å². The smallest absolute Gasteiger partial charge is 0.341 e. The van der Waals surface area contributed by atoms with Gasteiger partial charge < -0.3 is 10.2 Å². The first-order valence-electron chi connectivity index (χ1n) is 8.36. The van der Waals surface area contributed by atoms with E-state index in [2.05, 4.69) is 5.32 Å². The number of nitrogens with one attached hydrogen (secondary N) is 1. The third-order valence-corrected chi connectivity index (χ3v) is 5.21. The maximum Gasteiger partial charge on any atom is 0.416 e. The summed E-state index contributed by atoms with van der Waals surface area (Å²) in [5.74, 6) is -0.808. The van der Waals surface area contributed by atoms with Crippen molar-refractivity contribution < 1.29 is 22.8 Å². The fourth-order valence-corrected chi connectivity index (χ4v) is 3.35. The highest BCUT2D eigenvalue weighted by Crippen LogP contribution is 2.33. The largest absolute Gasteiger partial charge is 0.416 e. The predicted octanol–water partition coefficient (Wildman–Crippen LogP) is 4.53. The van der Waals surface area contributed by atoms with Gasteiger partial charge in [0, 0.05) is 22.1 Å². The Morgan fingerprint density at radius 3 is 2.46 bits per heavy atom. The molecule has 0 aliphatic carbocycles. The number of amides is 2. The first kappa shape index (κ1) is 21.0. The third-order valence-electron chi connectivity index (χ3n) is 4.27. The third kappa shape index (κ3) is 5.11. The van der Waals surface area contributed by atoms with Gasteiger partial charge in [0.15, 0.2) is 0 Å². The van der Waals surface area contributed by atoms with Gasteiger partial charge in [-0.2, -0.15) is 13.2 Å². The lowest BCUT2D eigenvalue weighted by molar-refractivity contribution is -0.142. The van der Waals surface area contributed by atoms with E-state index >= 15 is 0 Å². The lowest BCUT2D eigenvalue weighted by Crippen LogP contribution is -2.47. The maximum atomic E-state index is 12.9. The van der Waals surface area contributed by atoms with E-state index in [0.717, 1.165) is 12.1 Å². The SMILES string of the molecule is CC(C)(C)C(=O)N1CCCC(C(=O)Nc2cc(C(F)(F)F)ccc2I)C1. The van der Waals surface area contributed by atoms with Crippen LogP contribution in [0.15, 0.2) is 18.2 Å². The van der Waals surface area contributed by atoms with Crippen molar-refractivity contribution in [2.45, 2.75) is 39.8 Å². The Hall–Kier alpha value is -1.32. The number of carbonyl (C=O) groups is 2. The van der Waals surface area contributed by atoms with Crippen LogP contribution >= 0.6 is 22.6 Å². The average molecular weight is 482 g/mol. The Morgan fingerprint density at radius 1 is 1.23 bits per heavy atom. The van der Waals surface area contributed by atoms with E-state index in [0.29, 0.717) is 23.0 Å². The fraction of sp³-hybridized carbons (Fsp3) is 0.556. The first-order valence-corrected chi connectivity index (χ1v) is 9.44. The van der Waals surface area contributed by atoms with Gasteiger partial charge in [-0.15, -0.1) is 0 Å². The van der Waals surface area contributed by atoms with Gasteiger partial charge in [-0.1, -0.05) is 20.8 Å². The molecule has 1 heterocycles. The van der Waals surface area contributed by atoms with Gasteiger partial charge in [-0.25, -0.2) is 0 Å². The molecule has 1 aliphatic rings. The minimum absolute atomic E-state index is 0.0244. The van der Waals surface area contributed by atoms with Gasteiger partial charge in [-0.3, -0.25) is 9.59 Å². The summed E-state index contributed by atoms with van der Waals surface area (Å²) in [6.07, 6.45) is -3.17. The van der Waals surface area contributed by atoms with E-state index in [1.54, 1.807) is 4.90 Å². The van der Waals surface area contributed by atoms with Crippen LogP contribution < -0.4 is 5.32 Å². The van der Waals surface area contributed by atoms with Crippen LogP contribution in [0, 0.1) is 14.9 Å². The summed E-state index contributed by atoms with van der Waals surface area (Å²) in [6, 6.07) is 3.26. The Bertz CT molecular complexity index is 699. The molecule has 0 radical (unpaired) electrons. The summed E-state index contributed by atoms with van der Waals surface area (Å²) in [5.41, 5.74) is -1.19. The van der Waals surface area contributed by atoms with Crippen molar-refractivity contribution in [1.82, 2.24) is 4.90 Å². The lowest BCUT2D eigenvalue weighted by Gasteiger charge is -2.36. The molecule has 2 amide bonds. The average Bonchev–Trinajstić information content (AvgIpc) is 2.54. The maximum absolute atomic E-state index is 12.9. The van der Waals surface area contributed by atoms with Crippen molar-refractivity contribution in [3.8, 4) is 0 Å². The Kier molecular flexibility index (Phi) is 6.24. The van der Waals surface area contributed by atoms with Gasteiger partial charge in [0.05, 0.1) is 17.2 Å². The van der Waals surface area contributed by atoms with E-state index in [1.165, 1.54) is 6.07 Å². The second-order valence-corrected chi connectivity index (χ2v) is 8.68. The summed E-state index contributed by atoms with van der Waals surface area (Å²) in [4.78, 5) is 26.7. The minimum atomic E-state index is -4.47. The monoisotopic (exact) mass is 482 g/mol. The zero-order valence-electron chi connectivity index (χ0n) is 14.9. The van der Waals surface area contributed by atoms with Crippen molar-refractivity contribution in [3.63, 3.8) is 0 Å². The van der Waals surface area contributed by atoms with E-state index in [9.17, 15) is 22.8 Å².